The summed E-state index contributed by atoms with van der Waals surface area (Å²) < 4.78 is 1.44. The maximum Gasteiger partial charge on any atom is 0.252 e. The topological polar surface area (TPSA) is 112 Å². The van der Waals surface area contributed by atoms with E-state index in [-0.39, 0.29) is 18.4 Å². The van der Waals surface area contributed by atoms with Crippen molar-refractivity contribution in [1.29, 1.82) is 0 Å². The zero-order chi connectivity index (χ0) is 20.9. The van der Waals surface area contributed by atoms with Gasteiger partial charge in [-0.05, 0) is 6.42 Å². The fourth-order valence-electron chi connectivity index (χ4n) is 2.42. The van der Waals surface area contributed by atoms with Crippen LogP contribution in [0.4, 0.5) is 0 Å². The number of hydrogen-bond donors (Lipinski definition) is 4. The van der Waals surface area contributed by atoms with E-state index in [1.807, 2.05) is 20.8 Å². The summed E-state index contributed by atoms with van der Waals surface area (Å²) in [5.41, 5.74) is 0.404. The van der Waals surface area contributed by atoms with Crippen LogP contribution in [-0.2, 0) is 9.59 Å². The van der Waals surface area contributed by atoms with Gasteiger partial charge in [-0.2, -0.15) is 0 Å². The molecular weight excluding hydrogens is 362 g/mol. The van der Waals surface area contributed by atoms with Crippen LogP contribution in [0, 0.1) is 0 Å². The highest BCUT2D eigenvalue weighted by atomic mass is 16.6. The molecule has 0 saturated carbocycles. The number of rotatable bonds is 12. The Labute approximate surface area is 166 Å². The Morgan fingerprint density at radius 1 is 1.11 bits per heavy atom. The second-order valence-corrected chi connectivity index (χ2v) is 6.62. The molecule has 0 aliphatic heterocycles. The van der Waals surface area contributed by atoms with E-state index in [2.05, 4.69) is 21.3 Å². The van der Waals surface area contributed by atoms with Crippen LogP contribution in [0.5, 0.6) is 0 Å². The SMILES string of the molecule is CCCC(NC(=O)CNC(=O)c1cc[n+](OC)cc1)C(=O)NCCNC(C)C. The zero-order valence-corrected chi connectivity index (χ0v) is 17.1. The van der Waals surface area contributed by atoms with Crippen molar-refractivity contribution >= 4 is 17.7 Å². The third kappa shape index (κ3) is 8.81. The summed E-state index contributed by atoms with van der Waals surface area (Å²) in [5.74, 6) is -1.01. The van der Waals surface area contributed by atoms with Crippen LogP contribution in [0.15, 0.2) is 24.5 Å². The summed E-state index contributed by atoms with van der Waals surface area (Å²) in [7, 11) is 1.51. The minimum atomic E-state index is -0.620. The highest BCUT2D eigenvalue weighted by molar-refractivity contribution is 5.96. The number of carbonyl (C=O) groups is 3. The van der Waals surface area contributed by atoms with Crippen molar-refractivity contribution < 1.29 is 24.0 Å². The number of amides is 3. The van der Waals surface area contributed by atoms with Gasteiger partial charge in [0.25, 0.3) is 5.91 Å². The number of carbonyl (C=O) groups excluding carboxylic acids is 3. The summed E-state index contributed by atoms with van der Waals surface area (Å²) in [5, 5.41) is 11.2. The van der Waals surface area contributed by atoms with Gasteiger partial charge in [-0.1, -0.05) is 27.2 Å². The number of nitrogens with one attached hydrogen (secondary N) is 4. The van der Waals surface area contributed by atoms with E-state index in [1.165, 1.54) is 11.8 Å². The van der Waals surface area contributed by atoms with Crippen molar-refractivity contribution in [3.8, 4) is 0 Å². The van der Waals surface area contributed by atoms with Gasteiger partial charge in [0, 0.05) is 36.0 Å². The predicted molar refractivity (Wildman–Crippen MR) is 104 cm³/mol. The monoisotopic (exact) mass is 394 g/mol. The second kappa shape index (κ2) is 12.7. The van der Waals surface area contributed by atoms with Gasteiger partial charge in [0.15, 0.2) is 0 Å². The van der Waals surface area contributed by atoms with Gasteiger partial charge in [0.1, 0.15) is 13.2 Å². The van der Waals surface area contributed by atoms with Gasteiger partial charge in [-0.15, -0.1) is 0 Å². The lowest BCUT2D eigenvalue weighted by molar-refractivity contribution is -0.885. The third-order valence-electron chi connectivity index (χ3n) is 3.89. The van der Waals surface area contributed by atoms with Crippen molar-refractivity contribution in [1.82, 2.24) is 21.3 Å². The molecule has 0 saturated heterocycles. The van der Waals surface area contributed by atoms with Gasteiger partial charge < -0.3 is 21.3 Å². The van der Waals surface area contributed by atoms with Gasteiger partial charge in [0.05, 0.1) is 12.1 Å². The molecule has 1 rings (SSSR count). The molecule has 28 heavy (non-hydrogen) atoms. The molecule has 0 bridgehead atoms. The predicted octanol–water partition coefficient (Wildman–Crippen LogP) is -0.839. The van der Waals surface area contributed by atoms with Crippen LogP contribution in [0.1, 0.15) is 44.0 Å². The van der Waals surface area contributed by atoms with Crippen LogP contribution in [0.2, 0.25) is 0 Å². The van der Waals surface area contributed by atoms with Crippen molar-refractivity contribution in [3.05, 3.63) is 30.1 Å². The molecule has 1 atom stereocenters. The lowest BCUT2D eigenvalue weighted by atomic mass is 10.1. The first-order valence-electron chi connectivity index (χ1n) is 9.51. The van der Waals surface area contributed by atoms with E-state index in [1.54, 1.807) is 24.5 Å². The van der Waals surface area contributed by atoms with E-state index >= 15 is 0 Å². The number of pyridine rings is 1. The third-order valence-corrected chi connectivity index (χ3v) is 3.89. The molecular formula is C19H32N5O4+. The quantitative estimate of drug-likeness (QED) is 0.273. The van der Waals surface area contributed by atoms with Crippen LogP contribution in [-0.4, -0.2) is 56.5 Å². The summed E-state index contributed by atoms with van der Waals surface area (Å²) in [6.07, 6.45) is 4.45. The molecule has 0 radical (unpaired) electrons. The lowest BCUT2D eigenvalue weighted by Crippen LogP contribution is -2.50. The molecule has 1 heterocycles. The molecule has 0 spiro atoms. The maximum atomic E-state index is 12.3. The Bertz CT molecular complexity index is 634. The smallest absolute Gasteiger partial charge is 0.252 e. The Hall–Kier alpha value is -2.68. The van der Waals surface area contributed by atoms with E-state index < -0.39 is 11.9 Å². The minimum absolute atomic E-state index is 0.208. The highest BCUT2D eigenvalue weighted by Gasteiger charge is 2.20. The Morgan fingerprint density at radius 3 is 2.36 bits per heavy atom. The molecule has 1 aromatic rings. The van der Waals surface area contributed by atoms with Crippen molar-refractivity contribution in [3.63, 3.8) is 0 Å². The fraction of sp³-hybridized carbons (Fsp3) is 0.579. The molecule has 0 fully saturated rings. The lowest BCUT2D eigenvalue weighted by Gasteiger charge is -2.18. The first kappa shape index (κ1) is 23.4. The largest absolute Gasteiger partial charge is 0.353 e. The van der Waals surface area contributed by atoms with Gasteiger partial charge >= 0.3 is 0 Å². The molecule has 9 nitrogen and oxygen atoms in total. The molecule has 4 N–H and O–H groups in total. The Kier molecular flexibility index (Phi) is 10.6. The Balaban J connectivity index is 2.45. The molecule has 0 aliphatic rings. The van der Waals surface area contributed by atoms with Gasteiger partial charge in [0.2, 0.25) is 24.2 Å². The standard InChI is InChI=1S/C19H31N5O4/c1-5-6-16(19(27)21-10-9-20-14(2)3)23-17(25)13-22-18(26)15-7-11-24(28-4)12-8-15/h7-8,11-12,14,16,20H,5-6,9-10,13H2,1-4H3,(H2-,21,22,23,25,26,27)/p+1. The average Bonchev–Trinajstić information content (AvgIpc) is 2.68. The molecule has 1 aromatic heterocycles. The minimum Gasteiger partial charge on any atom is -0.353 e. The first-order chi connectivity index (χ1) is 13.4. The summed E-state index contributed by atoms with van der Waals surface area (Å²) in [6.45, 7) is 6.93. The normalized spacial score (nSPS) is 11.6. The maximum absolute atomic E-state index is 12.3. The summed E-state index contributed by atoms with van der Waals surface area (Å²) in [4.78, 5) is 41.5. The van der Waals surface area contributed by atoms with Crippen molar-refractivity contribution in [2.45, 2.75) is 45.7 Å². The molecule has 1 unspecified atom stereocenters. The molecule has 9 heteroatoms. The molecule has 0 aromatic carbocycles. The van der Waals surface area contributed by atoms with Crippen LogP contribution < -0.4 is 30.8 Å². The fourth-order valence-corrected chi connectivity index (χ4v) is 2.42. The van der Waals surface area contributed by atoms with E-state index in [0.717, 1.165) is 6.42 Å². The van der Waals surface area contributed by atoms with Crippen LogP contribution in [0.3, 0.4) is 0 Å². The van der Waals surface area contributed by atoms with E-state index in [4.69, 9.17) is 4.84 Å². The van der Waals surface area contributed by atoms with Gasteiger partial charge in [-0.3, -0.25) is 19.2 Å². The van der Waals surface area contributed by atoms with E-state index in [9.17, 15) is 14.4 Å². The van der Waals surface area contributed by atoms with Crippen LogP contribution >= 0.6 is 0 Å². The first-order valence-corrected chi connectivity index (χ1v) is 9.51. The molecule has 156 valence electrons. The highest BCUT2D eigenvalue weighted by Crippen LogP contribution is 1.98. The number of hydrogen-bond acceptors (Lipinski definition) is 5. The van der Waals surface area contributed by atoms with E-state index in [0.29, 0.717) is 31.1 Å². The van der Waals surface area contributed by atoms with Crippen LogP contribution in [0.25, 0.3) is 0 Å². The number of aromatic nitrogens is 1. The number of nitrogens with zero attached hydrogens (tertiary/aromatic N) is 1. The average molecular weight is 394 g/mol. The zero-order valence-electron chi connectivity index (χ0n) is 17.1. The molecule has 0 aliphatic carbocycles. The Morgan fingerprint density at radius 2 is 1.79 bits per heavy atom. The van der Waals surface area contributed by atoms with Gasteiger partial charge in [-0.25, -0.2) is 0 Å². The van der Waals surface area contributed by atoms with Crippen molar-refractivity contribution in [2.24, 2.45) is 0 Å². The molecule has 3 amide bonds. The summed E-state index contributed by atoms with van der Waals surface area (Å²) >= 11 is 0. The second-order valence-electron chi connectivity index (χ2n) is 6.62. The van der Waals surface area contributed by atoms with Crippen molar-refractivity contribution in [2.75, 3.05) is 26.7 Å². The summed E-state index contributed by atoms with van der Waals surface area (Å²) in [6, 6.07) is 2.88.